The Morgan fingerprint density at radius 2 is 1.46 bits per heavy atom. The van der Waals surface area contributed by atoms with E-state index in [1.807, 2.05) is 48.5 Å². The van der Waals surface area contributed by atoms with E-state index < -0.39 is 18.2 Å². The van der Waals surface area contributed by atoms with Gasteiger partial charge in [0.2, 0.25) is 0 Å². The summed E-state index contributed by atoms with van der Waals surface area (Å²) >= 11 is 0. The minimum atomic E-state index is -1.05. The van der Waals surface area contributed by atoms with Crippen LogP contribution >= 0.6 is 0 Å². The molecule has 0 saturated carbocycles. The first-order chi connectivity index (χ1) is 12.5. The van der Waals surface area contributed by atoms with Gasteiger partial charge in [0.25, 0.3) is 6.29 Å². The zero-order chi connectivity index (χ0) is 18.9. The predicted octanol–water partition coefficient (Wildman–Crippen LogP) is 4.33. The van der Waals surface area contributed by atoms with Gasteiger partial charge in [-0.15, -0.1) is 0 Å². The van der Waals surface area contributed by atoms with E-state index in [1.54, 1.807) is 0 Å². The van der Waals surface area contributed by atoms with Crippen LogP contribution < -0.4 is 0 Å². The first kappa shape index (κ1) is 19.4. The molecule has 0 aliphatic rings. The molecule has 0 fully saturated rings. The Morgan fingerprint density at radius 3 is 1.96 bits per heavy atom. The predicted molar refractivity (Wildman–Crippen MR) is 101 cm³/mol. The monoisotopic (exact) mass is 352 g/mol. The molecule has 0 aliphatic heterocycles. The molecule has 0 spiro atoms. The van der Waals surface area contributed by atoms with Gasteiger partial charge in [-0.05, 0) is 29.2 Å². The van der Waals surface area contributed by atoms with Gasteiger partial charge in [-0.2, -0.15) is 0 Å². The lowest BCUT2D eigenvalue weighted by Gasteiger charge is -2.20. The molecule has 0 amide bonds. The van der Waals surface area contributed by atoms with Gasteiger partial charge < -0.3 is 9.47 Å². The van der Waals surface area contributed by atoms with Crippen LogP contribution in [0.25, 0.3) is 6.08 Å². The highest BCUT2D eigenvalue weighted by Crippen LogP contribution is 2.20. The fraction of sp³-hybridized carbons (Fsp3) is 0.273. The van der Waals surface area contributed by atoms with Crippen molar-refractivity contribution in [1.29, 1.82) is 0 Å². The summed E-state index contributed by atoms with van der Waals surface area (Å²) in [6, 6.07) is 17.9. The molecule has 2 rings (SSSR count). The summed E-state index contributed by atoms with van der Waals surface area (Å²) in [7, 11) is 0. The summed E-state index contributed by atoms with van der Waals surface area (Å²) in [5.41, 5.74) is 3.93. The van der Waals surface area contributed by atoms with Gasteiger partial charge in [-0.1, -0.05) is 61.5 Å². The van der Waals surface area contributed by atoms with Crippen LogP contribution in [0.15, 0.2) is 60.2 Å². The van der Waals surface area contributed by atoms with Crippen molar-refractivity contribution in [2.45, 2.75) is 39.9 Å². The number of hydrogen-bond donors (Lipinski definition) is 0. The minimum absolute atomic E-state index is 0.502. The van der Waals surface area contributed by atoms with E-state index in [0.29, 0.717) is 12.0 Å². The lowest BCUT2D eigenvalue weighted by atomic mass is 10.0. The first-order valence-electron chi connectivity index (χ1n) is 8.65. The van der Waals surface area contributed by atoms with E-state index in [2.05, 4.69) is 19.1 Å². The van der Waals surface area contributed by atoms with Crippen molar-refractivity contribution in [1.82, 2.24) is 0 Å². The van der Waals surface area contributed by atoms with Gasteiger partial charge >= 0.3 is 11.9 Å². The molecular weight excluding hydrogens is 328 g/mol. The number of ether oxygens (including phenoxy) is 2. The summed E-state index contributed by atoms with van der Waals surface area (Å²) in [5, 5.41) is 0. The summed E-state index contributed by atoms with van der Waals surface area (Å²) in [4.78, 5) is 23.0. The van der Waals surface area contributed by atoms with E-state index in [9.17, 15) is 9.59 Å². The van der Waals surface area contributed by atoms with Crippen LogP contribution in [0.2, 0.25) is 0 Å². The molecule has 0 heterocycles. The maximum atomic E-state index is 11.5. The Hall–Kier alpha value is -2.88. The number of hydrogen-bond acceptors (Lipinski definition) is 4. The molecule has 0 saturated heterocycles. The number of esters is 2. The Labute approximate surface area is 154 Å². The molecule has 2 aromatic rings. The minimum Gasteiger partial charge on any atom is -0.421 e. The van der Waals surface area contributed by atoms with Crippen LogP contribution in [0.3, 0.4) is 0 Å². The van der Waals surface area contributed by atoms with Crippen molar-refractivity contribution in [2.75, 3.05) is 0 Å². The molecular formula is C22H24O4. The summed E-state index contributed by atoms with van der Waals surface area (Å²) in [5.74, 6) is -1.01. The molecule has 0 aliphatic carbocycles. The molecule has 0 unspecified atom stereocenters. The second-order valence-electron chi connectivity index (χ2n) is 6.03. The first-order valence-corrected chi connectivity index (χ1v) is 8.65. The summed E-state index contributed by atoms with van der Waals surface area (Å²) < 4.78 is 10.5. The SMILES string of the molecule is CCc1ccc(C=C(Cc2ccccc2)C(OC(C)=O)OC(C)=O)cc1. The number of carbonyl (C=O) groups excluding carboxylic acids is 2. The van der Waals surface area contributed by atoms with E-state index in [1.165, 1.54) is 19.4 Å². The van der Waals surface area contributed by atoms with Crippen molar-refractivity contribution in [3.05, 3.63) is 76.9 Å². The Bertz CT molecular complexity index is 744. The number of carbonyl (C=O) groups is 2. The number of rotatable bonds is 7. The molecule has 0 radical (unpaired) electrons. The third-order valence-electron chi connectivity index (χ3n) is 3.84. The smallest absolute Gasteiger partial charge is 0.305 e. The van der Waals surface area contributed by atoms with Gasteiger partial charge in [0.15, 0.2) is 0 Å². The highest BCUT2D eigenvalue weighted by Gasteiger charge is 2.21. The van der Waals surface area contributed by atoms with Gasteiger partial charge in [0.1, 0.15) is 0 Å². The summed E-state index contributed by atoms with van der Waals surface area (Å²) in [6.45, 7) is 4.70. The molecule has 0 aromatic heterocycles. The molecule has 0 bridgehead atoms. The highest BCUT2D eigenvalue weighted by molar-refractivity contribution is 5.69. The largest absolute Gasteiger partial charge is 0.421 e. The summed E-state index contributed by atoms with van der Waals surface area (Å²) in [6.07, 6.45) is 2.32. The average Bonchev–Trinajstić information content (AvgIpc) is 2.61. The van der Waals surface area contributed by atoms with Gasteiger partial charge in [-0.3, -0.25) is 9.59 Å². The van der Waals surface area contributed by atoms with Crippen molar-refractivity contribution >= 4 is 18.0 Å². The third kappa shape index (κ3) is 6.20. The fourth-order valence-electron chi connectivity index (χ4n) is 2.57. The zero-order valence-electron chi connectivity index (χ0n) is 15.4. The fourth-order valence-corrected chi connectivity index (χ4v) is 2.57. The second-order valence-corrected chi connectivity index (χ2v) is 6.03. The molecule has 4 nitrogen and oxygen atoms in total. The van der Waals surface area contributed by atoms with Crippen LogP contribution in [0.5, 0.6) is 0 Å². The van der Waals surface area contributed by atoms with Crippen molar-refractivity contribution in [2.24, 2.45) is 0 Å². The molecule has 0 N–H and O–H groups in total. The van der Waals surface area contributed by atoms with Gasteiger partial charge in [-0.25, -0.2) is 0 Å². The lowest BCUT2D eigenvalue weighted by Crippen LogP contribution is -2.25. The third-order valence-corrected chi connectivity index (χ3v) is 3.84. The zero-order valence-corrected chi connectivity index (χ0v) is 15.4. The van der Waals surface area contributed by atoms with Crippen LogP contribution in [-0.2, 0) is 31.9 Å². The van der Waals surface area contributed by atoms with Crippen LogP contribution in [0, 0.1) is 0 Å². The quantitative estimate of drug-likeness (QED) is 0.550. The van der Waals surface area contributed by atoms with Crippen molar-refractivity contribution in [3.8, 4) is 0 Å². The number of aryl methyl sites for hydroxylation is 1. The topological polar surface area (TPSA) is 52.6 Å². The van der Waals surface area contributed by atoms with Crippen molar-refractivity contribution < 1.29 is 19.1 Å². The number of benzene rings is 2. The standard InChI is InChI=1S/C22H24O4/c1-4-18-10-12-20(13-11-18)15-21(14-19-8-6-5-7-9-19)22(25-16(2)23)26-17(3)24/h5-13,15,22H,4,14H2,1-3H3. The Kier molecular flexibility index (Phi) is 7.15. The Morgan fingerprint density at radius 1 is 0.885 bits per heavy atom. The van der Waals surface area contributed by atoms with Crippen LogP contribution in [0.1, 0.15) is 37.5 Å². The molecule has 136 valence electrons. The van der Waals surface area contributed by atoms with E-state index in [-0.39, 0.29) is 0 Å². The molecule has 0 atom stereocenters. The van der Waals surface area contributed by atoms with Gasteiger partial charge in [0.05, 0.1) is 0 Å². The normalized spacial score (nSPS) is 11.3. The van der Waals surface area contributed by atoms with Crippen molar-refractivity contribution in [3.63, 3.8) is 0 Å². The highest BCUT2D eigenvalue weighted by atomic mass is 16.7. The molecule has 2 aromatic carbocycles. The molecule has 4 heteroatoms. The second kappa shape index (κ2) is 9.56. The lowest BCUT2D eigenvalue weighted by molar-refractivity contribution is -0.178. The molecule has 26 heavy (non-hydrogen) atoms. The van der Waals surface area contributed by atoms with E-state index in [4.69, 9.17) is 9.47 Å². The van der Waals surface area contributed by atoms with E-state index >= 15 is 0 Å². The van der Waals surface area contributed by atoms with Crippen LogP contribution in [-0.4, -0.2) is 18.2 Å². The van der Waals surface area contributed by atoms with Gasteiger partial charge in [0, 0.05) is 25.8 Å². The Balaban J connectivity index is 2.38. The average molecular weight is 352 g/mol. The maximum Gasteiger partial charge on any atom is 0.305 e. The van der Waals surface area contributed by atoms with E-state index in [0.717, 1.165) is 17.5 Å². The maximum absolute atomic E-state index is 11.5. The van der Waals surface area contributed by atoms with Crippen LogP contribution in [0.4, 0.5) is 0 Å².